The first-order valence-electron chi connectivity index (χ1n) is 8.51. The molecular formula is C16H31N3. The summed E-state index contributed by atoms with van der Waals surface area (Å²) in [4.78, 5) is 5.36. The van der Waals surface area contributed by atoms with E-state index in [0.717, 1.165) is 11.8 Å². The average molecular weight is 265 g/mol. The topological polar surface area (TPSA) is 32.5 Å². The molecule has 1 saturated carbocycles. The molecule has 3 aliphatic rings. The van der Waals surface area contributed by atoms with Crippen molar-refractivity contribution in [3.8, 4) is 0 Å². The fourth-order valence-electron chi connectivity index (χ4n) is 4.34. The molecule has 19 heavy (non-hydrogen) atoms. The van der Waals surface area contributed by atoms with Crippen LogP contribution in [0.25, 0.3) is 0 Å². The largest absolute Gasteiger partial charge is 0.328 e. The molecule has 0 spiro atoms. The Morgan fingerprint density at radius 2 is 1.37 bits per heavy atom. The van der Waals surface area contributed by atoms with Crippen molar-refractivity contribution in [2.75, 3.05) is 39.3 Å². The molecule has 2 saturated heterocycles. The molecule has 0 aromatic heterocycles. The van der Waals surface area contributed by atoms with Crippen LogP contribution in [-0.2, 0) is 0 Å². The Kier molecular flexibility index (Phi) is 4.78. The number of hydrogen-bond donors (Lipinski definition) is 1. The minimum absolute atomic E-state index is 0.467. The number of nitrogens with two attached hydrogens (primary N) is 1. The summed E-state index contributed by atoms with van der Waals surface area (Å²) in [6.45, 7) is 7.75. The molecule has 2 heterocycles. The molecule has 3 heteroatoms. The number of hydrogen-bond acceptors (Lipinski definition) is 3. The van der Waals surface area contributed by atoms with E-state index < -0.39 is 0 Å². The molecule has 0 amide bonds. The van der Waals surface area contributed by atoms with E-state index in [1.165, 1.54) is 84.2 Å². The summed E-state index contributed by atoms with van der Waals surface area (Å²) in [5.41, 5.74) is 5.97. The number of nitrogens with zero attached hydrogens (tertiary/aromatic N) is 2. The van der Waals surface area contributed by atoms with Crippen LogP contribution < -0.4 is 5.73 Å². The number of likely N-dealkylation sites (tertiary alicyclic amines) is 2. The fraction of sp³-hybridized carbons (Fsp3) is 1.00. The molecule has 2 aliphatic heterocycles. The highest BCUT2D eigenvalue weighted by Crippen LogP contribution is 2.35. The second kappa shape index (κ2) is 6.55. The lowest BCUT2D eigenvalue weighted by molar-refractivity contribution is 0.0752. The molecular weight excluding hydrogens is 234 g/mol. The predicted octanol–water partition coefficient (Wildman–Crippen LogP) is 1.92. The van der Waals surface area contributed by atoms with Gasteiger partial charge in [0.1, 0.15) is 0 Å². The summed E-state index contributed by atoms with van der Waals surface area (Å²) in [7, 11) is 0. The first-order chi connectivity index (χ1) is 9.31. The Bertz CT molecular complexity index is 273. The van der Waals surface area contributed by atoms with E-state index in [1.807, 2.05) is 0 Å². The lowest BCUT2D eigenvalue weighted by atomic mass is 9.75. The van der Waals surface area contributed by atoms with Gasteiger partial charge in [0.25, 0.3) is 0 Å². The Morgan fingerprint density at radius 3 is 2.16 bits per heavy atom. The zero-order valence-electron chi connectivity index (χ0n) is 12.4. The maximum absolute atomic E-state index is 5.97. The zero-order valence-corrected chi connectivity index (χ0v) is 12.4. The average Bonchev–Trinajstić information content (AvgIpc) is 2.46. The van der Waals surface area contributed by atoms with Gasteiger partial charge in [-0.3, -0.25) is 0 Å². The Morgan fingerprint density at radius 1 is 0.737 bits per heavy atom. The minimum Gasteiger partial charge on any atom is -0.328 e. The number of rotatable bonds is 3. The van der Waals surface area contributed by atoms with Crippen molar-refractivity contribution in [1.29, 1.82) is 0 Å². The van der Waals surface area contributed by atoms with Gasteiger partial charge >= 0.3 is 0 Å². The molecule has 2 unspecified atom stereocenters. The third-order valence-corrected chi connectivity index (χ3v) is 5.74. The van der Waals surface area contributed by atoms with Crippen LogP contribution in [0.5, 0.6) is 0 Å². The normalized spacial score (nSPS) is 35.2. The third-order valence-electron chi connectivity index (χ3n) is 5.74. The van der Waals surface area contributed by atoms with Gasteiger partial charge in [-0.15, -0.1) is 0 Å². The maximum Gasteiger partial charge on any atom is 0.0109 e. The van der Waals surface area contributed by atoms with Crippen LogP contribution in [0.2, 0.25) is 0 Å². The summed E-state index contributed by atoms with van der Waals surface area (Å²) in [6, 6.07) is 0.467. The van der Waals surface area contributed by atoms with Gasteiger partial charge in [0.15, 0.2) is 0 Å². The van der Waals surface area contributed by atoms with E-state index in [-0.39, 0.29) is 0 Å². The fourth-order valence-corrected chi connectivity index (χ4v) is 4.34. The molecule has 3 nitrogen and oxygen atoms in total. The Balaban J connectivity index is 1.39. The smallest absolute Gasteiger partial charge is 0.0109 e. The molecule has 3 fully saturated rings. The molecule has 110 valence electrons. The highest BCUT2D eigenvalue weighted by Gasteiger charge is 2.31. The highest BCUT2D eigenvalue weighted by atomic mass is 15.2. The third kappa shape index (κ3) is 3.71. The van der Waals surface area contributed by atoms with Crippen LogP contribution in [0, 0.1) is 11.8 Å². The second-order valence-corrected chi connectivity index (χ2v) is 7.07. The summed E-state index contributed by atoms with van der Waals surface area (Å²) >= 11 is 0. The first kappa shape index (κ1) is 13.8. The molecule has 3 rings (SSSR count). The van der Waals surface area contributed by atoms with E-state index in [0.29, 0.717) is 6.04 Å². The molecule has 0 bridgehead atoms. The van der Waals surface area contributed by atoms with Crippen LogP contribution in [-0.4, -0.2) is 55.1 Å². The quantitative estimate of drug-likeness (QED) is 0.846. The summed E-state index contributed by atoms with van der Waals surface area (Å²) in [6.07, 6.45) is 9.86. The molecule has 2 N–H and O–H groups in total. The molecule has 0 aromatic rings. The van der Waals surface area contributed by atoms with Crippen molar-refractivity contribution >= 4 is 0 Å². The summed E-state index contributed by atoms with van der Waals surface area (Å²) in [5, 5.41) is 0. The lowest BCUT2D eigenvalue weighted by Crippen LogP contribution is -2.47. The SMILES string of the molecule is NC1CCN(CCN2CCC3CCCCC3C2)CC1. The van der Waals surface area contributed by atoms with Gasteiger partial charge in [-0.1, -0.05) is 19.3 Å². The lowest BCUT2D eigenvalue weighted by Gasteiger charge is -2.42. The van der Waals surface area contributed by atoms with Crippen LogP contribution in [0.4, 0.5) is 0 Å². The van der Waals surface area contributed by atoms with Gasteiger partial charge in [0, 0.05) is 25.7 Å². The standard InChI is InChI=1S/C16H31N3/c17-16-6-9-18(10-7-16)11-12-19-8-5-14-3-1-2-4-15(14)13-19/h14-16H,1-13,17H2. The summed E-state index contributed by atoms with van der Waals surface area (Å²) < 4.78 is 0. The highest BCUT2D eigenvalue weighted by molar-refractivity contribution is 4.84. The van der Waals surface area contributed by atoms with Crippen molar-refractivity contribution in [1.82, 2.24) is 9.80 Å². The Labute approximate surface area is 118 Å². The van der Waals surface area contributed by atoms with E-state index in [9.17, 15) is 0 Å². The van der Waals surface area contributed by atoms with E-state index in [4.69, 9.17) is 5.73 Å². The minimum atomic E-state index is 0.467. The van der Waals surface area contributed by atoms with Crippen molar-refractivity contribution in [2.45, 2.75) is 51.0 Å². The van der Waals surface area contributed by atoms with Crippen LogP contribution in [0.15, 0.2) is 0 Å². The first-order valence-corrected chi connectivity index (χ1v) is 8.51. The van der Waals surface area contributed by atoms with Crippen molar-refractivity contribution in [3.05, 3.63) is 0 Å². The van der Waals surface area contributed by atoms with Gasteiger partial charge in [0.2, 0.25) is 0 Å². The van der Waals surface area contributed by atoms with Gasteiger partial charge in [-0.2, -0.15) is 0 Å². The van der Waals surface area contributed by atoms with E-state index >= 15 is 0 Å². The molecule has 1 aliphatic carbocycles. The second-order valence-electron chi connectivity index (χ2n) is 7.07. The van der Waals surface area contributed by atoms with Gasteiger partial charge in [-0.05, 0) is 57.2 Å². The van der Waals surface area contributed by atoms with Crippen molar-refractivity contribution in [3.63, 3.8) is 0 Å². The van der Waals surface area contributed by atoms with Gasteiger partial charge in [-0.25, -0.2) is 0 Å². The molecule has 0 aromatic carbocycles. The zero-order chi connectivity index (χ0) is 13.1. The van der Waals surface area contributed by atoms with E-state index in [2.05, 4.69) is 9.80 Å². The summed E-state index contributed by atoms with van der Waals surface area (Å²) in [5.74, 6) is 2.09. The molecule has 0 radical (unpaired) electrons. The van der Waals surface area contributed by atoms with Crippen molar-refractivity contribution in [2.24, 2.45) is 17.6 Å². The van der Waals surface area contributed by atoms with Gasteiger partial charge < -0.3 is 15.5 Å². The maximum atomic E-state index is 5.97. The monoisotopic (exact) mass is 265 g/mol. The number of fused-ring (bicyclic) bond motifs is 1. The number of piperidine rings is 2. The molecule has 2 atom stereocenters. The van der Waals surface area contributed by atoms with Crippen LogP contribution in [0.3, 0.4) is 0 Å². The van der Waals surface area contributed by atoms with E-state index in [1.54, 1.807) is 0 Å². The van der Waals surface area contributed by atoms with Crippen LogP contribution >= 0.6 is 0 Å². The van der Waals surface area contributed by atoms with Gasteiger partial charge in [0.05, 0.1) is 0 Å². The predicted molar refractivity (Wildman–Crippen MR) is 80.2 cm³/mol. The van der Waals surface area contributed by atoms with Crippen molar-refractivity contribution < 1.29 is 0 Å². The van der Waals surface area contributed by atoms with Crippen LogP contribution in [0.1, 0.15) is 44.9 Å². The Hall–Kier alpha value is -0.120.